The number of nitrogens with one attached hydrogen (secondary N) is 1. The van der Waals surface area contributed by atoms with Gasteiger partial charge in [-0.05, 0) is 30.2 Å². The molecule has 1 aliphatic rings. The van der Waals surface area contributed by atoms with Crippen molar-refractivity contribution in [2.75, 3.05) is 42.9 Å². The number of hydrogen-bond acceptors (Lipinski definition) is 3. The van der Waals surface area contributed by atoms with Gasteiger partial charge in [0.05, 0.1) is 5.69 Å². The summed E-state index contributed by atoms with van der Waals surface area (Å²) >= 11 is 0. The molecular formula is C21H26FN3O. The van der Waals surface area contributed by atoms with Crippen LogP contribution in [0.3, 0.4) is 0 Å². The van der Waals surface area contributed by atoms with Crippen LogP contribution in [0, 0.1) is 5.82 Å². The van der Waals surface area contributed by atoms with E-state index in [4.69, 9.17) is 0 Å². The summed E-state index contributed by atoms with van der Waals surface area (Å²) in [6.45, 7) is 6.05. The first-order valence-electron chi connectivity index (χ1n) is 9.27. The molecule has 0 saturated carbocycles. The second-order valence-corrected chi connectivity index (χ2v) is 6.59. The molecule has 1 fully saturated rings. The molecule has 3 rings (SSSR count). The molecule has 1 N–H and O–H groups in total. The van der Waals surface area contributed by atoms with Gasteiger partial charge in [0.2, 0.25) is 5.91 Å². The quantitative estimate of drug-likeness (QED) is 0.861. The lowest BCUT2D eigenvalue weighted by atomic mass is 10.1. The highest BCUT2D eigenvalue weighted by molar-refractivity contribution is 5.91. The number of carbonyl (C=O) groups excluding carboxylic acids is 1. The van der Waals surface area contributed by atoms with Crippen molar-refractivity contribution < 1.29 is 9.18 Å². The van der Waals surface area contributed by atoms with Crippen molar-refractivity contribution in [3.63, 3.8) is 0 Å². The van der Waals surface area contributed by atoms with Crippen LogP contribution < -0.4 is 10.2 Å². The molecule has 5 heteroatoms. The molecule has 1 saturated heterocycles. The van der Waals surface area contributed by atoms with Crippen LogP contribution in [0.4, 0.5) is 15.8 Å². The number of hydrogen-bond donors (Lipinski definition) is 1. The standard InChI is InChI=1S/C21H26FN3O/c1-2-17-7-3-5-9-19(17)23-21(26)11-12-24-13-15-25(16-14-24)20-10-6-4-8-18(20)22/h3-10H,2,11-16H2,1H3,(H,23,26). The maximum atomic E-state index is 13.9. The molecule has 1 heterocycles. The fraction of sp³-hybridized carbons (Fsp3) is 0.381. The molecule has 26 heavy (non-hydrogen) atoms. The van der Waals surface area contributed by atoms with Gasteiger partial charge >= 0.3 is 0 Å². The van der Waals surface area contributed by atoms with E-state index in [0.29, 0.717) is 12.1 Å². The van der Waals surface area contributed by atoms with E-state index in [2.05, 4.69) is 22.0 Å². The summed E-state index contributed by atoms with van der Waals surface area (Å²) in [6, 6.07) is 14.8. The highest BCUT2D eigenvalue weighted by Crippen LogP contribution is 2.20. The topological polar surface area (TPSA) is 35.6 Å². The summed E-state index contributed by atoms with van der Waals surface area (Å²) in [5, 5.41) is 3.02. The number of carbonyl (C=O) groups is 1. The third-order valence-electron chi connectivity index (χ3n) is 4.89. The zero-order chi connectivity index (χ0) is 18.4. The van der Waals surface area contributed by atoms with Gasteiger partial charge in [0.15, 0.2) is 0 Å². The number of halogens is 1. The lowest BCUT2D eigenvalue weighted by Crippen LogP contribution is -2.47. The first-order chi connectivity index (χ1) is 12.7. The number of para-hydroxylation sites is 2. The molecule has 1 aliphatic heterocycles. The van der Waals surface area contributed by atoms with Crippen LogP contribution in [0.2, 0.25) is 0 Å². The van der Waals surface area contributed by atoms with E-state index in [-0.39, 0.29) is 11.7 Å². The highest BCUT2D eigenvalue weighted by Gasteiger charge is 2.19. The summed E-state index contributed by atoms with van der Waals surface area (Å²) < 4.78 is 13.9. The minimum atomic E-state index is -0.171. The van der Waals surface area contributed by atoms with E-state index in [1.807, 2.05) is 36.4 Å². The zero-order valence-electron chi connectivity index (χ0n) is 15.2. The Hall–Kier alpha value is -2.40. The van der Waals surface area contributed by atoms with Gasteiger partial charge in [-0.15, -0.1) is 0 Å². The molecule has 0 unspecified atom stereocenters. The van der Waals surface area contributed by atoms with Gasteiger partial charge in [-0.3, -0.25) is 9.69 Å². The van der Waals surface area contributed by atoms with Gasteiger partial charge in [-0.2, -0.15) is 0 Å². The first kappa shape index (κ1) is 18.4. The number of anilines is 2. The van der Waals surface area contributed by atoms with Crippen LogP contribution in [-0.2, 0) is 11.2 Å². The fourth-order valence-corrected chi connectivity index (χ4v) is 3.34. The molecule has 4 nitrogen and oxygen atoms in total. The second-order valence-electron chi connectivity index (χ2n) is 6.59. The second kappa shape index (κ2) is 8.81. The van der Waals surface area contributed by atoms with Crippen LogP contribution >= 0.6 is 0 Å². The molecule has 0 radical (unpaired) electrons. The van der Waals surface area contributed by atoms with Crippen molar-refractivity contribution in [1.82, 2.24) is 4.90 Å². The number of nitrogens with zero attached hydrogens (tertiary/aromatic N) is 2. The number of piperazine rings is 1. The van der Waals surface area contributed by atoms with Crippen LogP contribution in [0.15, 0.2) is 48.5 Å². The Morgan fingerprint density at radius 2 is 1.73 bits per heavy atom. The monoisotopic (exact) mass is 355 g/mol. The Morgan fingerprint density at radius 1 is 1.04 bits per heavy atom. The maximum Gasteiger partial charge on any atom is 0.225 e. The molecule has 0 aliphatic carbocycles. The van der Waals surface area contributed by atoms with E-state index >= 15 is 0 Å². The molecule has 2 aromatic carbocycles. The number of aryl methyl sites for hydroxylation is 1. The summed E-state index contributed by atoms with van der Waals surface area (Å²) in [5.41, 5.74) is 2.73. The Kier molecular flexibility index (Phi) is 6.23. The predicted octanol–water partition coefficient (Wildman–Crippen LogP) is 3.54. The van der Waals surface area contributed by atoms with Crippen LogP contribution in [0.25, 0.3) is 0 Å². The van der Waals surface area contributed by atoms with Gasteiger partial charge in [-0.25, -0.2) is 4.39 Å². The molecule has 0 spiro atoms. The van der Waals surface area contributed by atoms with Gasteiger partial charge in [-0.1, -0.05) is 37.3 Å². The molecule has 0 aromatic heterocycles. The van der Waals surface area contributed by atoms with Gasteiger partial charge in [0.25, 0.3) is 0 Å². The molecule has 138 valence electrons. The number of benzene rings is 2. The molecular weight excluding hydrogens is 329 g/mol. The first-order valence-corrected chi connectivity index (χ1v) is 9.27. The lowest BCUT2D eigenvalue weighted by Gasteiger charge is -2.36. The van der Waals surface area contributed by atoms with E-state index in [9.17, 15) is 9.18 Å². The van der Waals surface area contributed by atoms with Crippen LogP contribution in [-0.4, -0.2) is 43.5 Å². The fourth-order valence-electron chi connectivity index (χ4n) is 3.34. The van der Waals surface area contributed by atoms with Crippen molar-refractivity contribution in [2.24, 2.45) is 0 Å². The molecule has 0 atom stereocenters. The molecule has 2 aromatic rings. The van der Waals surface area contributed by atoms with Crippen molar-refractivity contribution in [3.8, 4) is 0 Å². The number of rotatable bonds is 6. The van der Waals surface area contributed by atoms with Crippen molar-refractivity contribution in [2.45, 2.75) is 19.8 Å². The summed E-state index contributed by atoms with van der Waals surface area (Å²) in [6.07, 6.45) is 1.37. The third-order valence-corrected chi connectivity index (χ3v) is 4.89. The lowest BCUT2D eigenvalue weighted by molar-refractivity contribution is -0.116. The summed E-state index contributed by atoms with van der Waals surface area (Å²) in [5.74, 6) is -0.127. The Labute approximate surface area is 154 Å². The SMILES string of the molecule is CCc1ccccc1NC(=O)CCN1CCN(c2ccccc2F)CC1. The normalized spacial score (nSPS) is 15.1. The van der Waals surface area contributed by atoms with E-state index in [0.717, 1.165) is 50.4 Å². The van der Waals surface area contributed by atoms with Crippen molar-refractivity contribution in [1.29, 1.82) is 0 Å². The predicted molar refractivity (Wildman–Crippen MR) is 104 cm³/mol. The minimum absolute atomic E-state index is 0.0439. The summed E-state index contributed by atoms with van der Waals surface area (Å²) in [4.78, 5) is 16.6. The largest absolute Gasteiger partial charge is 0.367 e. The average Bonchev–Trinajstić information content (AvgIpc) is 2.68. The maximum absolute atomic E-state index is 13.9. The Bertz CT molecular complexity index is 742. The van der Waals surface area contributed by atoms with E-state index < -0.39 is 0 Å². The Balaban J connectivity index is 1.45. The zero-order valence-corrected chi connectivity index (χ0v) is 15.2. The summed E-state index contributed by atoms with van der Waals surface area (Å²) in [7, 11) is 0. The van der Waals surface area contributed by atoms with Crippen molar-refractivity contribution in [3.05, 3.63) is 59.9 Å². The van der Waals surface area contributed by atoms with Crippen LogP contribution in [0.1, 0.15) is 18.9 Å². The van der Waals surface area contributed by atoms with Crippen LogP contribution in [0.5, 0.6) is 0 Å². The Morgan fingerprint density at radius 3 is 2.46 bits per heavy atom. The molecule has 0 bridgehead atoms. The smallest absolute Gasteiger partial charge is 0.225 e. The number of amides is 1. The minimum Gasteiger partial charge on any atom is -0.367 e. The van der Waals surface area contributed by atoms with Gasteiger partial charge in [0.1, 0.15) is 5.82 Å². The van der Waals surface area contributed by atoms with Gasteiger partial charge in [0, 0.05) is 44.8 Å². The third kappa shape index (κ3) is 4.61. The molecule has 1 amide bonds. The van der Waals surface area contributed by atoms with E-state index in [1.54, 1.807) is 6.07 Å². The van der Waals surface area contributed by atoms with E-state index in [1.165, 1.54) is 6.07 Å². The average molecular weight is 355 g/mol. The highest BCUT2D eigenvalue weighted by atomic mass is 19.1. The van der Waals surface area contributed by atoms with Gasteiger partial charge < -0.3 is 10.2 Å². The van der Waals surface area contributed by atoms with Crippen molar-refractivity contribution >= 4 is 17.3 Å².